The molecule has 0 amide bonds. The molecule has 5 nitrogen and oxygen atoms in total. The Kier molecular flexibility index (Phi) is 3.66. The number of sulfonamides is 1. The number of nitrogens with two attached hydrogens (primary N) is 1. The van der Waals surface area contributed by atoms with Crippen LogP contribution in [0.2, 0.25) is 0 Å². The number of benzene rings is 1. The molecule has 108 valence electrons. The van der Waals surface area contributed by atoms with Gasteiger partial charge in [-0.05, 0) is 42.5 Å². The van der Waals surface area contributed by atoms with Crippen molar-refractivity contribution in [2.24, 2.45) is 0 Å². The molecule has 2 aromatic rings. The summed E-state index contributed by atoms with van der Waals surface area (Å²) in [4.78, 5) is 3.26. The number of fused-ring (bicyclic) bond motifs is 1. The first-order valence-corrected chi connectivity index (χ1v) is 9.17. The van der Waals surface area contributed by atoms with Gasteiger partial charge in [0.25, 0.3) is 0 Å². The van der Waals surface area contributed by atoms with Crippen molar-refractivity contribution in [1.82, 2.24) is 9.71 Å². The van der Waals surface area contributed by atoms with Crippen molar-refractivity contribution in [2.75, 3.05) is 17.2 Å². The standard InChI is InChI=1S/C13H17N3O2S2/c14-9-1-2-12-11(7-9)13(8-15-12)20(17,18)16-10-3-5-19-6-4-10/h1-2,7-8,10,15-16H,3-6,14H2. The normalized spacial score (nSPS) is 17.6. The molecule has 0 unspecified atom stereocenters. The van der Waals surface area contributed by atoms with Gasteiger partial charge in [0.1, 0.15) is 4.90 Å². The third-order valence-corrected chi connectivity index (χ3v) is 6.11. The van der Waals surface area contributed by atoms with E-state index in [4.69, 9.17) is 5.73 Å². The van der Waals surface area contributed by atoms with Crippen LogP contribution in [-0.2, 0) is 10.0 Å². The van der Waals surface area contributed by atoms with Crippen molar-refractivity contribution in [2.45, 2.75) is 23.8 Å². The topological polar surface area (TPSA) is 88.0 Å². The van der Waals surface area contributed by atoms with Gasteiger partial charge in [0.15, 0.2) is 0 Å². The highest BCUT2D eigenvalue weighted by Crippen LogP contribution is 2.26. The van der Waals surface area contributed by atoms with E-state index in [9.17, 15) is 8.42 Å². The van der Waals surface area contributed by atoms with Crippen molar-refractivity contribution in [3.8, 4) is 0 Å². The highest BCUT2D eigenvalue weighted by atomic mass is 32.2. The minimum Gasteiger partial charge on any atom is -0.399 e. The average Bonchev–Trinajstić information content (AvgIpc) is 2.83. The summed E-state index contributed by atoms with van der Waals surface area (Å²) in [5.41, 5.74) is 7.08. The molecule has 0 atom stereocenters. The molecule has 4 N–H and O–H groups in total. The summed E-state index contributed by atoms with van der Waals surface area (Å²) in [5, 5.41) is 0.641. The lowest BCUT2D eigenvalue weighted by Gasteiger charge is -2.22. The zero-order chi connectivity index (χ0) is 14.2. The van der Waals surface area contributed by atoms with Crippen molar-refractivity contribution in [3.05, 3.63) is 24.4 Å². The first kappa shape index (κ1) is 13.8. The molecule has 7 heteroatoms. The Morgan fingerprint density at radius 2 is 2.05 bits per heavy atom. The lowest BCUT2D eigenvalue weighted by atomic mass is 10.2. The second-order valence-electron chi connectivity index (χ2n) is 4.97. The highest BCUT2D eigenvalue weighted by Gasteiger charge is 2.24. The van der Waals surface area contributed by atoms with Gasteiger partial charge in [-0.1, -0.05) is 0 Å². The van der Waals surface area contributed by atoms with Crippen LogP contribution in [0, 0.1) is 0 Å². The quantitative estimate of drug-likeness (QED) is 0.756. The zero-order valence-electron chi connectivity index (χ0n) is 10.9. The predicted molar refractivity (Wildman–Crippen MR) is 83.4 cm³/mol. The fraction of sp³-hybridized carbons (Fsp3) is 0.385. The van der Waals surface area contributed by atoms with Crippen LogP contribution in [0.1, 0.15) is 12.8 Å². The molecule has 1 saturated heterocycles. The second-order valence-corrected chi connectivity index (χ2v) is 7.87. The van der Waals surface area contributed by atoms with Crippen LogP contribution < -0.4 is 10.5 Å². The van der Waals surface area contributed by atoms with Gasteiger partial charge in [-0.25, -0.2) is 13.1 Å². The largest absolute Gasteiger partial charge is 0.399 e. The van der Waals surface area contributed by atoms with E-state index in [2.05, 4.69) is 9.71 Å². The molecule has 1 aliphatic rings. The first-order chi connectivity index (χ1) is 9.56. The molecule has 0 spiro atoms. The van der Waals surface area contributed by atoms with Gasteiger partial charge < -0.3 is 10.7 Å². The predicted octanol–water partition coefficient (Wildman–Crippen LogP) is 1.92. The lowest BCUT2D eigenvalue weighted by molar-refractivity contribution is 0.529. The SMILES string of the molecule is Nc1ccc2[nH]cc(S(=O)(=O)NC3CCSCC3)c2c1. The van der Waals surface area contributed by atoms with E-state index in [0.717, 1.165) is 29.9 Å². The third kappa shape index (κ3) is 2.65. The van der Waals surface area contributed by atoms with Crippen molar-refractivity contribution >= 4 is 38.4 Å². The van der Waals surface area contributed by atoms with Crippen LogP contribution in [0.15, 0.2) is 29.3 Å². The van der Waals surface area contributed by atoms with Crippen LogP contribution >= 0.6 is 11.8 Å². The monoisotopic (exact) mass is 311 g/mol. The average molecular weight is 311 g/mol. The van der Waals surface area contributed by atoms with Crippen LogP contribution in [0.3, 0.4) is 0 Å². The van der Waals surface area contributed by atoms with E-state index in [0.29, 0.717) is 11.1 Å². The fourth-order valence-electron chi connectivity index (χ4n) is 2.43. The summed E-state index contributed by atoms with van der Waals surface area (Å²) in [6, 6.07) is 5.27. The summed E-state index contributed by atoms with van der Waals surface area (Å²) in [7, 11) is -3.51. The number of hydrogen-bond donors (Lipinski definition) is 3. The lowest BCUT2D eigenvalue weighted by Crippen LogP contribution is -2.37. The number of aromatic nitrogens is 1. The molecule has 0 bridgehead atoms. The van der Waals surface area contributed by atoms with Crippen molar-refractivity contribution in [3.63, 3.8) is 0 Å². The number of rotatable bonds is 3. The maximum Gasteiger partial charge on any atom is 0.242 e. The Morgan fingerprint density at radius 3 is 2.80 bits per heavy atom. The second kappa shape index (κ2) is 5.31. The Labute approximate surface area is 122 Å². The smallest absolute Gasteiger partial charge is 0.242 e. The van der Waals surface area contributed by atoms with Crippen LogP contribution in [0.4, 0.5) is 5.69 Å². The van der Waals surface area contributed by atoms with Gasteiger partial charge in [0.2, 0.25) is 10.0 Å². The van der Waals surface area contributed by atoms with Crippen molar-refractivity contribution < 1.29 is 8.42 Å². The summed E-state index contributed by atoms with van der Waals surface area (Å²) >= 11 is 1.87. The first-order valence-electron chi connectivity index (χ1n) is 6.53. The van der Waals surface area contributed by atoms with Crippen LogP contribution in [0.5, 0.6) is 0 Å². The van der Waals surface area contributed by atoms with Gasteiger partial charge in [0, 0.05) is 28.8 Å². The van der Waals surface area contributed by atoms with Gasteiger partial charge in [-0.2, -0.15) is 11.8 Å². The van der Waals surface area contributed by atoms with E-state index < -0.39 is 10.0 Å². The van der Waals surface area contributed by atoms with E-state index >= 15 is 0 Å². The summed E-state index contributed by atoms with van der Waals surface area (Å²) < 4.78 is 27.8. The molecule has 1 aromatic heterocycles. The molecule has 0 aliphatic carbocycles. The molecule has 2 heterocycles. The van der Waals surface area contributed by atoms with Gasteiger partial charge in [0.05, 0.1) is 0 Å². The molecule has 3 rings (SSSR count). The van der Waals surface area contributed by atoms with E-state index in [1.165, 1.54) is 6.20 Å². The minimum atomic E-state index is -3.51. The van der Waals surface area contributed by atoms with Crippen LogP contribution in [0.25, 0.3) is 10.9 Å². The molecule has 1 fully saturated rings. The van der Waals surface area contributed by atoms with Crippen LogP contribution in [-0.4, -0.2) is 30.9 Å². The molecule has 0 radical (unpaired) electrons. The number of thioether (sulfide) groups is 1. The third-order valence-electron chi connectivity index (χ3n) is 3.50. The molecular formula is C13H17N3O2S2. The van der Waals surface area contributed by atoms with Gasteiger partial charge in [-0.3, -0.25) is 0 Å². The minimum absolute atomic E-state index is 0.0345. The summed E-state index contributed by atoms with van der Waals surface area (Å²) in [6.07, 6.45) is 3.30. The van der Waals surface area contributed by atoms with E-state index in [1.54, 1.807) is 18.2 Å². The van der Waals surface area contributed by atoms with Gasteiger partial charge >= 0.3 is 0 Å². The number of hydrogen-bond acceptors (Lipinski definition) is 4. The molecule has 20 heavy (non-hydrogen) atoms. The number of nitrogens with one attached hydrogen (secondary N) is 2. The molecule has 1 aromatic carbocycles. The number of anilines is 1. The van der Waals surface area contributed by atoms with Gasteiger partial charge in [-0.15, -0.1) is 0 Å². The maximum absolute atomic E-state index is 12.5. The Morgan fingerprint density at radius 1 is 1.30 bits per heavy atom. The number of H-pyrrole nitrogens is 1. The summed E-state index contributed by atoms with van der Waals surface area (Å²) in [6.45, 7) is 0. The fourth-order valence-corrected chi connectivity index (χ4v) is 5.01. The Balaban J connectivity index is 1.94. The molecule has 0 saturated carbocycles. The highest BCUT2D eigenvalue weighted by molar-refractivity contribution is 7.99. The van der Waals surface area contributed by atoms with E-state index in [-0.39, 0.29) is 10.9 Å². The number of nitrogen functional groups attached to an aromatic ring is 1. The van der Waals surface area contributed by atoms with E-state index in [1.807, 2.05) is 11.8 Å². The summed E-state index contributed by atoms with van der Waals surface area (Å²) in [5.74, 6) is 2.02. The molecule has 1 aliphatic heterocycles. The number of aromatic amines is 1. The molecular weight excluding hydrogens is 294 g/mol. The van der Waals surface area contributed by atoms with Crippen molar-refractivity contribution in [1.29, 1.82) is 0 Å². The zero-order valence-corrected chi connectivity index (χ0v) is 12.6. The Hall–Kier alpha value is -1.18. The Bertz CT molecular complexity index is 718. The maximum atomic E-state index is 12.5.